The fraction of sp³-hybridized carbons (Fsp3) is 0.222. The predicted molar refractivity (Wildman–Crippen MR) is 49.6 cm³/mol. The number of amides is 1. The van der Waals surface area contributed by atoms with Crippen LogP contribution in [0.15, 0.2) is 18.2 Å². The van der Waals surface area contributed by atoms with E-state index in [0.717, 1.165) is 0 Å². The number of nitrogens with two attached hydrogens (primary N) is 1. The van der Waals surface area contributed by atoms with Crippen molar-refractivity contribution < 1.29 is 9.53 Å². The zero-order valence-corrected chi connectivity index (χ0v) is 7.04. The molecule has 0 atom stereocenters. The number of anilines is 2. The van der Waals surface area contributed by atoms with Crippen molar-refractivity contribution in [2.75, 3.05) is 17.7 Å². The maximum Gasteiger partial charge on any atom is 0.227 e. The Kier molecular flexibility index (Phi) is 1.81. The van der Waals surface area contributed by atoms with Crippen LogP contribution in [0.5, 0.6) is 5.75 Å². The minimum absolute atomic E-state index is 0.0376. The van der Waals surface area contributed by atoms with Crippen molar-refractivity contribution in [1.29, 1.82) is 0 Å². The molecular formula is C9H10N2O2. The first kappa shape index (κ1) is 7.91. The molecule has 0 fully saturated rings. The van der Waals surface area contributed by atoms with E-state index in [9.17, 15) is 4.79 Å². The number of nitrogen functional groups attached to an aromatic ring is 1. The lowest BCUT2D eigenvalue weighted by Gasteiger charge is -2.08. The maximum atomic E-state index is 11.1. The minimum Gasteiger partial charge on any atom is -0.489 e. The Morgan fingerprint density at radius 1 is 1.46 bits per heavy atom. The van der Waals surface area contributed by atoms with Crippen molar-refractivity contribution in [2.24, 2.45) is 0 Å². The van der Waals surface area contributed by atoms with Gasteiger partial charge in [-0.25, -0.2) is 0 Å². The summed E-state index contributed by atoms with van der Waals surface area (Å²) in [6.45, 7) is 0.382. The fourth-order valence-electron chi connectivity index (χ4n) is 1.27. The van der Waals surface area contributed by atoms with Gasteiger partial charge in [0.25, 0.3) is 0 Å². The highest BCUT2D eigenvalue weighted by atomic mass is 16.5. The van der Waals surface area contributed by atoms with Gasteiger partial charge in [0.2, 0.25) is 5.91 Å². The standard InChI is InChI=1S/C9H10N2O2/c10-6-2-1-3-7-9(6)13-5-4-8(12)11-7/h1-3H,4-5,10H2,(H,11,12). The van der Waals surface area contributed by atoms with Crippen LogP contribution >= 0.6 is 0 Å². The molecule has 0 spiro atoms. The molecule has 0 saturated heterocycles. The van der Waals surface area contributed by atoms with Crippen molar-refractivity contribution in [3.05, 3.63) is 18.2 Å². The van der Waals surface area contributed by atoms with Gasteiger partial charge in [-0.3, -0.25) is 4.79 Å². The van der Waals surface area contributed by atoms with Gasteiger partial charge in [0, 0.05) is 0 Å². The average Bonchev–Trinajstić information content (AvgIpc) is 2.27. The van der Waals surface area contributed by atoms with Crippen LogP contribution < -0.4 is 15.8 Å². The molecular weight excluding hydrogens is 168 g/mol. The topological polar surface area (TPSA) is 64.3 Å². The molecule has 0 aromatic heterocycles. The van der Waals surface area contributed by atoms with Crippen molar-refractivity contribution in [3.8, 4) is 5.75 Å². The fourth-order valence-corrected chi connectivity index (χ4v) is 1.27. The van der Waals surface area contributed by atoms with Gasteiger partial charge >= 0.3 is 0 Å². The maximum absolute atomic E-state index is 11.1. The number of para-hydroxylation sites is 1. The van der Waals surface area contributed by atoms with Crippen LogP contribution in [-0.2, 0) is 4.79 Å². The van der Waals surface area contributed by atoms with Gasteiger partial charge in [0.05, 0.1) is 24.4 Å². The highest BCUT2D eigenvalue weighted by molar-refractivity contribution is 5.94. The Hall–Kier alpha value is -1.71. The van der Waals surface area contributed by atoms with Gasteiger partial charge in [-0.05, 0) is 12.1 Å². The number of fused-ring (bicyclic) bond motifs is 1. The molecule has 4 heteroatoms. The number of benzene rings is 1. The summed E-state index contributed by atoms with van der Waals surface area (Å²) >= 11 is 0. The molecule has 0 unspecified atom stereocenters. The molecule has 1 aliphatic heterocycles. The summed E-state index contributed by atoms with van der Waals surface area (Å²) in [7, 11) is 0. The van der Waals surface area contributed by atoms with Crippen molar-refractivity contribution in [2.45, 2.75) is 6.42 Å². The molecule has 4 nitrogen and oxygen atoms in total. The molecule has 1 aromatic rings. The van der Waals surface area contributed by atoms with E-state index in [1.54, 1.807) is 18.2 Å². The normalized spacial score (nSPS) is 15.2. The van der Waals surface area contributed by atoms with Crippen LogP contribution in [0.2, 0.25) is 0 Å². The molecule has 2 rings (SSSR count). The van der Waals surface area contributed by atoms with Gasteiger partial charge in [0.15, 0.2) is 5.75 Å². The van der Waals surface area contributed by atoms with Crippen LogP contribution in [0.4, 0.5) is 11.4 Å². The second-order valence-corrected chi connectivity index (χ2v) is 2.87. The van der Waals surface area contributed by atoms with E-state index in [4.69, 9.17) is 10.5 Å². The quantitative estimate of drug-likeness (QED) is 0.582. The summed E-state index contributed by atoms with van der Waals surface area (Å²) in [6, 6.07) is 5.30. The summed E-state index contributed by atoms with van der Waals surface area (Å²) < 4.78 is 5.34. The van der Waals surface area contributed by atoms with Crippen LogP contribution in [0.1, 0.15) is 6.42 Å². The first-order valence-electron chi connectivity index (χ1n) is 4.08. The van der Waals surface area contributed by atoms with Gasteiger partial charge in [-0.2, -0.15) is 0 Å². The van der Waals surface area contributed by atoms with Crippen molar-refractivity contribution >= 4 is 17.3 Å². The number of hydrogen-bond acceptors (Lipinski definition) is 3. The summed E-state index contributed by atoms with van der Waals surface area (Å²) in [5.74, 6) is 0.540. The first-order chi connectivity index (χ1) is 6.27. The number of carbonyl (C=O) groups is 1. The van der Waals surface area contributed by atoms with E-state index in [0.29, 0.717) is 30.2 Å². The largest absolute Gasteiger partial charge is 0.489 e. The highest BCUT2D eigenvalue weighted by Gasteiger charge is 2.14. The zero-order chi connectivity index (χ0) is 9.26. The third-order valence-electron chi connectivity index (χ3n) is 1.90. The molecule has 68 valence electrons. The second-order valence-electron chi connectivity index (χ2n) is 2.87. The van der Waals surface area contributed by atoms with E-state index in [2.05, 4.69) is 5.32 Å². The van der Waals surface area contributed by atoms with Gasteiger partial charge in [0.1, 0.15) is 0 Å². The first-order valence-corrected chi connectivity index (χ1v) is 4.08. The Morgan fingerprint density at radius 2 is 2.31 bits per heavy atom. The molecule has 1 heterocycles. The lowest BCUT2D eigenvalue weighted by molar-refractivity contribution is -0.116. The van der Waals surface area contributed by atoms with E-state index in [1.165, 1.54) is 0 Å². The van der Waals surface area contributed by atoms with E-state index in [-0.39, 0.29) is 5.91 Å². The molecule has 0 saturated carbocycles. The third kappa shape index (κ3) is 1.42. The lowest BCUT2D eigenvalue weighted by Crippen LogP contribution is -2.10. The second kappa shape index (κ2) is 2.97. The Balaban J connectivity index is 2.45. The smallest absolute Gasteiger partial charge is 0.227 e. The Labute approximate surface area is 75.7 Å². The van der Waals surface area contributed by atoms with E-state index >= 15 is 0 Å². The molecule has 1 aliphatic rings. The number of rotatable bonds is 0. The molecule has 0 bridgehead atoms. The number of hydrogen-bond donors (Lipinski definition) is 2. The molecule has 13 heavy (non-hydrogen) atoms. The summed E-state index contributed by atoms with van der Waals surface area (Å²) in [4.78, 5) is 11.1. The Morgan fingerprint density at radius 3 is 3.15 bits per heavy atom. The summed E-state index contributed by atoms with van der Waals surface area (Å²) in [5, 5.41) is 2.72. The monoisotopic (exact) mass is 178 g/mol. The van der Waals surface area contributed by atoms with E-state index in [1.807, 2.05) is 0 Å². The lowest BCUT2D eigenvalue weighted by atomic mass is 10.2. The summed E-state index contributed by atoms with van der Waals surface area (Å²) in [6.07, 6.45) is 0.369. The van der Waals surface area contributed by atoms with Crippen molar-refractivity contribution in [1.82, 2.24) is 0 Å². The number of ether oxygens (including phenoxy) is 1. The van der Waals surface area contributed by atoms with Crippen LogP contribution in [0, 0.1) is 0 Å². The molecule has 1 amide bonds. The van der Waals surface area contributed by atoms with Crippen LogP contribution in [0.3, 0.4) is 0 Å². The SMILES string of the molecule is Nc1cccc2c1OCCC(=O)N2. The van der Waals surface area contributed by atoms with Crippen LogP contribution in [0.25, 0.3) is 0 Å². The number of carbonyl (C=O) groups excluding carboxylic acids is 1. The molecule has 0 aliphatic carbocycles. The van der Waals surface area contributed by atoms with Gasteiger partial charge in [-0.15, -0.1) is 0 Å². The highest BCUT2D eigenvalue weighted by Crippen LogP contribution is 2.32. The minimum atomic E-state index is -0.0376. The van der Waals surface area contributed by atoms with E-state index < -0.39 is 0 Å². The van der Waals surface area contributed by atoms with Gasteiger partial charge < -0.3 is 15.8 Å². The Bertz CT molecular complexity index is 349. The third-order valence-corrected chi connectivity index (χ3v) is 1.90. The summed E-state index contributed by atoms with van der Waals surface area (Å²) in [5.41, 5.74) is 6.89. The zero-order valence-electron chi connectivity index (χ0n) is 7.04. The molecule has 0 radical (unpaired) electrons. The van der Waals surface area contributed by atoms with Crippen LogP contribution in [-0.4, -0.2) is 12.5 Å². The van der Waals surface area contributed by atoms with Gasteiger partial charge in [-0.1, -0.05) is 6.07 Å². The van der Waals surface area contributed by atoms with Crippen molar-refractivity contribution in [3.63, 3.8) is 0 Å². The predicted octanol–water partition coefficient (Wildman–Crippen LogP) is 0.990. The number of nitrogens with one attached hydrogen (secondary N) is 1. The average molecular weight is 178 g/mol. The molecule has 3 N–H and O–H groups in total. The molecule has 1 aromatic carbocycles.